The van der Waals surface area contributed by atoms with E-state index in [1.807, 2.05) is 0 Å². The number of carbonyl (C=O) groups is 2. The number of carboxylic acid groups (broad SMARTS) is 1. The molecule has 146 valence electrons. The zero-order valence-electron chi connectivity index (χ0n) is 15.0. The third-order valence-corrected chi connectivity index (χ3v) is 4.87. The summed E-state index contributed by atoms with van der Waals surface area (Å²) in [6, 6.07) is 6.24. The normalized spacial score (nSPS) is 21.4. The van der Waals surface area contributed by atoms with E-state index in [0.29, 0.717) is 24.6 Å². The number of nitrogens with one attached hydrogen (secondary N) is 2. The highest BCUT2D eigenvalue weighted by Gasteiger charge is 2.30. The van der Waals surface area contributed by atoms with E-state index >= 15 is 0 Å². The van der Waals surface area contributed by atoms with Gasteiger partial charge in [-0.3, -0.25) is 0 Å². The Balaban J connectivity index is 1.85. The summed E-state index contributed by atoms with van der Waals surface area (Å²) in [5, 5.41) is 24.6. The van der Waals surface area contributed by atoms with Crippen LogP contribution in [0.15, 0.2) is 35.3 Å². The van der Waals surface area contributed by atoms with E-state index in [2.05, 4.69) is 15.6 Å². The van der Waals surface area contributed by atoms with Crippen LogP contribution >= 0.6 is 0 Å². The van der Waals surface area contributed by atoms with Gasteiger partial charge >= 0.3 is 12.0 Å². The van der Waals surface area contributed by atoms with Crippen molar-refractivity contribution in [2.24, 2.45) is 16.8 Å². The maximum absolute atomic E-state index is 12.1. The van der Waals surface area contributed by atoms with Gasteiger partial charge < -0.3 is 20.8 Å². The third-order valence-electron chi connectivity index (χ3n) is 4.87. The number of aliphatic hydroxyl groups is 1. The van der Waals surface area contributed by atoms with Crippen molar-refractivity contribution < 1.29 is 24.6 Å². The van der Waals surface area contributed by atoms with Crippen LogP contribution in [0.3, 0.4) is 0 Å². The number of aliphatic imine (C=N–C) groups is 1. The van der Waals surface area contributed by atoms with E-state index in [4.69, 9.17) is 0 Å². The number of hydrogen-bond donors (Lipinski definition) is 4. The SMILES string of the molecule is O=C=NCC1CCCC(CNC(=O)NC(C(=O)O)C(O)c2ccccc2)C1. The molecule has 27 heavy (non-hydrogen) atoms. The Hall–Kier alpha value is -2.70. The van der Waals surface area contributed by atoms with Crippen molar-refractivity contribution >= 4 is 18.1 Å². The molecule has 0 aliphatic heterocycles. The van der Waals surface area contributed by atoms with E-state index in [1.54, 1.807) is 36.4 Å². The van der Waals surface area contributed by atoms with Crippen molar-refractivity contribution in [3.05, 3.63) is 35.9 Å². The molecular weight excluding hydrogens is 350 g/mol. The number of aliphatic hydroxyl groups excluding tert-OH is 1. The van der Waals surface area contributed by atoms with Gasteiger partial charge in [0.25, 0.3) is 0 Å². The van der Waals surface area contributed by atoms with E-state index in [9.17, 15) is 24.6 Å². The maximum atomic E-state index is 12.1. The fraction of sp³-hybridized carbons (Fsp3) is 0.526. The summed E-state index contributed by atoms with van der Waals surface area (Å²) in [7, 11) is 0. The summed E-state index contributed by atoms with van der Waals surface area (Å²) in [5.41, 5.74) is 0.413. The van der Waals surface area contributed by atoms with Gasteiger partial charge in [0, 0.05) is 6.54 Å². The Morgan fingerprint density at radius 2 is 1.93 bits per heavy atom. The van der Waals surface area contributed by atoms with Crippen LogP contribution in [-0.4, -0.2) is 47.4 Å². The first-order valence-corrected chi connectivity index (χ1v) is 9.05. The molecule has 2 rings (SSSR count). The molecule has 4 N–H and O–H groups in total. The molecular formula is C19H25N3O5. The third kappa shape index (κ3) is 6.51. The van der Waals surface area contributed by atoms with Crippen LogP contribution in [0.1, 0.15) is 37.4 Å². The first-order valence-electron chi connectivity index (χ1n) is 9.05. The zero-order valence-corrected chi connectivity index (χ0v) is 15.0. The van der Waals surface area contributed by atoms with Crippen molar-refractivity contribution in [2.75, 3.05) is 13.1 Å². The molecule has 1 saturated carbocycles. The van der Waals surface area contributed by atoms with Gasteiger partial charge in [-0.1, -0.05) is 36.8 Å². The molecule has 4 unspecified atom stereocenters. The van der Waals surface area contributed by atoms with Gasteiger partial charge in [0.1, 0.15) is 6.10 Å². The molecule has 0 spiro atoms. The van der Waals surface area contributed by atoms with Crippen molar-refractivity contribution in [3.63, 3.8) is 0 Å². The van der Waals surface area contributed by atoms with Crippen molar-refractivity contribution in [1.82, 2.24) is 10.6 Å². The second-order valence-corrected chi connectivity index (χ2v) is 6.86. The number of urea groups is 1. The Labute approximate surface area is 157 Å². The maximum Gasteiger partial charge on any atom is 0.329 e. The number of carboxylic acids is 1. The Morgan fingerprint density at radius 1 is 1.22 bits per heavy atom. The topological polar surface area (TPSA) is 128 Å². The molecule has 2 amide bonds. The molecule has 0 bridgehead atoms. The summed E-state index contributed by atoms with van der Waals surface area (Å²) in [5.74, 6) is -0.758. The van der Waals surface area contributed by atoms with Crippen LogP contribution in [0.25, 0.3) is 0 Å². The van der Waals surface area contributed by atoms with E-state index < -0.39 is 24.1 Å². The lowest BCUT2D eigenvalue weighted by Gasteiger charge is -2.28. The minimum atomic E-state index is -1.45. The minimum absolute atomic E-state index is 0.249. The summed E-state index contributed by atoms with van der Waals surface area (Å²) >= 11 is 0. The largest absolute Gasteiger partial charge is 0.480 e. The van der Waals surface area contributed by atoms with E-state index in [-0.39, 0.29) is 5.92 Å². The number of nitrogens with zero attached hydrogens (tertiary/aromatic N) is 1. The highest BCUT2D eigenvalue weighted by Crippen LogP contribution is 2.28. The highest BCUT2D eigenvalue weighted by molar-refractivity contribution is 5.83. The molecule has 1 aromatic rings. The zero-order chi connectivity index (χ0) is 19.6. The average molecular weight is 375 g/mol. The predicted molar refractivity (Wildman–Crippen MR) is 97.8 cm³/mol. The number of benzene rings is 1. The Bertz CT molecular complexity index is 675. The molecule has 1 aromatic carbocycles. The molecule has 4 atom stereocenters. The Morgan fingerprint density at radius 3 is 2.59 bits per heavy atom. The Kier molecular flexibility index (Phi) is 7.98. The van der Waals surface area contributed by atoms with Gasteiger partial charge in [-0.05, 0) is 36.7 Å². The summed E-state index contributed by atoms with van der Waals surface area (Å²) in [4.78, 5) is 37.4. The first kappa shape index (κ1) is 20.6. The van der Waals surface area contributed by atoms with Crippen molar-refractivity contribution in [2.45, 2.75) is 37.8 Å². The number of isocyanates is 1. The van der Waals surface area contributed by atoms with Crippen LogP contribution in [0.2, 0.25) is 0 Å². The number of carbonyl (C=O) groups excluding carboxylic acids is 2. The molecule has 0 radical (unpaired) electrons. The quantitative estimate of drug-likeness (QED) is 0.405. The van der Waals surface area contributed by atoms with Crippen molar-refractivity contribution in [1.29, 1.82) is 0 Å². The van der Waals surface area contributed by atoms with Gasteiger partial charge in [-0.25, -0.2) is 19.4 Å². The van der Waals surface area contributed by atoms with Gasteiger partial charge in [-0.2, -0.15) is 0 Å². The lowest BCUT2D eigenvalue weighted by atomic mass is 9.81. The lowest BCUT2D eigenvalue weighted by molar-refractivity contribution is -0.142. The van der Waals surface area contributed by atoms with Gasteiger partial charge in [0.05, 0.1) is 6.54 Å². The number of rotatable bonds is 8. The lowest BCUT2D eigenvalue weighted by Crippen LogP contribution is -2.50. The summed E-state index contributed by atoms with van der Waals surface area (Å²) in [6.45, 7) is 0.859. The number of amides is 2. The minimum Gasteiger partial charge on any atom is -0.480 e. The van der Waals surface area contributed by atoms with Crippen LogP contribution in [0.5, 0.6) is 0 Å². The summed E-state index contributed by atoms with van der Waals surface area (Å²) < 4.78 is 0. The molecule has 1 aliphatic carbocycles. The van der Waals surface area contributed by atoms with Crippen molar-refractivity contribution in [3.8, 4) is 0 Å². The molecule has 1 aliphatic rings. The standard InChI is InChI=1S/C19H25N3O5/c23-12-20-10-13-5-4-6-14(9-13)11-21-19(27)22-16(18(25)26)17(24)15-7-2-1-3-8-15/h1-3,7-8,13-14,16-17,24H,4-6,9-11H2,(H,25,26)(H2,21,22,27). The highest BCUT2D eigenvalue weighted by atomic mass is 16.4. The summed E-state index contributed by atoms with van der Waals surface area (Å²) in [6.07, 6.45) is 4.00. The number of aliphatic carboxylic acids is 1. The van der Waals surface area contributed by atoms with Gasteiger partial charge in [0.15, 0.2) is 6.04 Å². The van der Waals surface area contributed by atoms with Crippen LogP contribution < -0.4 is 10.6 Å². The monoisotopic (exact) mass is 375 g/mol. The molecule has 0 aromatic heterocycles. The van der Waals surface area contributed by atoms with E-state index in [1.165, 1.54) is 0 Å². The second-order valence-electron chi connectivity index (χ2n) is 6.86. The first-order chi connectivity index (χ1) is 13.0. The molecule has 0 saturated heterocycles. The smallest absolute Gasteiger partial charge is 0.329 e. The van der Waals surface area contributed by atoms with Gasteiger partial charge in [0.2, 0.25) is 6.08 Å². The second kappa shape index (κ2) is 10.4. The predicted octanol–water partition coefficient (Wildman–Crippen LogP) is 1.61. The molecule has 8 nitrogen and oxygen atoms in total. The van der Waals surface area contributed by atoms with Crippen LogP contribution in [0.4, 0.5) is 4.79 Å². The average Bonchev–Trinajstić information content (AvgIpc) is 2.69. The van der Waals surface area contributed by atoms with Crippen LogP contribution in [0, 0.1) is 11.8 Å². The fourth-order valence-electron chi connectivity index (χ4n) is 3.47. The number of hydrogen-bond acceptors (Lipinski definition) is 5. The molecule has 0 heterocycles. The van der Waals surface area contributed by atoms with Gasteiger partial charge in [-0.15, -0.1) is 0 Å². The fourth-order valence-corrected chi connectivity index (χ4v) is 3.47. The van der Waals surface area contributed by atoms with Crippen LogP contribution in [-0.2, 0) is 9.59 Å². The molecule has 1 fully saturated rings. The molecule has 8 heteroatoms. The van der Waals surface area contributed by atoms with E-state index in [0.717, 1.165) is 25.7 Å².